The van der Waals surface area contributed by atoms with Gasteiger partial charge in [-0.25, -0.2) is 4.99 Å². The summed E-state index contributed by atoms with van der Waals surface area (Å²) in [5.74, 6) is 1.15. The summed E-state index contributed by atoms with van der Waals surface area (Å²) in [4.78, 5) is 21.1. The van der Waals surface area contributed by atoms with Gasteiger partial charge in [-0.15, -0.1) is 24.0 Å². The van der Waals surface area contributed by atoms with Crippen LogP contribution >= 0.6 is 24.0 Å². The Hall–Kier alpha value is -1.61. The maximum atomic E-state index is 11.9. The SMILES string of the molecule is C=C(C)CN1CCC(NC(=NCc2cccc(CN3CCCC3=O)c2)NCC)CC1.I. The lowest BCUT2D eigenvalue weighted by molar-refractivity contribution is -0.128. The molecule has 0 bridgehead atoms. The Kier molecular flexibility index (Phi) is 10.8. The highest BCUT2D eigenvalue weighted by atomic mass is 127. The Bertz CT molecular complexity index is 758. The highest BCUT2D eigenvalue weighted by molar-refractivity contribution is 14.0. The zero-order chi connectivity index (χ0) is 21.3. The zero-order valence-corrected chi connectivity index (χ0v) is 21.4. The van der Waals surface area contributed by atoms with Crippen molar-refractivity contribution in [3.8, 4) is 0 Å². The van der Waals surface area contributed by atoms with Crippen LogP contribution in [0.15, 0.2) is 41.4 Å². The lowest BCUT2D eigenvalue weighted by Gasteiger charge is -2.33. The van der Waals surface area contributed by atoms with Gasteiger partial charge in [-0.2, -0.15) is 0 Å². The number of nitrogens with one attached hydrogen (secondary N) is 2. The van der Waals surface area contributed by atoms with Gasteiger partial charge in [0.25, 0.3) is 0 Å². The molecule has 0 saturated carbocycles. The van der Waals surface area contributed by atoms with Gasteiger partial charge in [0.05, 0.1) is 6.54 Å². The molecule has 2 N–H and O–H groups in total. The first-order valence-electron chi connectivity index (χ1n) is 11.3. The zero-order valence-electron chi connectivity index (χ0n) is 19.0. The van der Waals surface area contributed by atoms with Crippen LogP contribution in [0.25, 0.3) is 0 Å². The molecule has 3 rings (SSSR count). The third kappa shape index (κ3) is 8.44. The number of piperidine rings is 1. The number of benzene rings is 1. The summed E-state index contributed by atoms with van der Waals surface area (Å²) in [6, 6.07) is 8.91. The molecule has 0 unspecified atom stereocenters. The van der Waals surface area contributed by atoms with E-state index in [1.807, 2.05) is 4.90 Å². The number of amides is 1. The van der Waals surface area contributed by atoms with Gasteiger partial charge in [0.2, 0.25) is 5.91 Å². The summed E-state index contributed by atoms with van der Waals surface area (Å²) in [7, 11) is 0. The van der Waals surface area contributed by atoms with Crippen LogP contribution in [0.2, 0.25) is 0 Å². The number of likely N-dealkylation sites (tertiary alicyclic amines) is 2. The lowest BCUT2D eigenvalue weighted by Crippen LogP contribution is -2.48. The van der Waals surface area contributed by atoms with Gasteiger partial charge in [-0.05, 0) is 44.2 Å². The van der Waals surface area contributed by atoms with Crippen LogP contribution in [0.1, 0.15) is 50.7 Å². The quantitative estimate of drug-likeness (QED) is 0.230. The van der Waals surface area contributed by atoms with E-state index in [-0.39, 0.29) is 29.9 Å². The highest BCUT2D eigenvalue weighted by Gasteiger charge is 2.21. The average Bonchev–Trinajstić information content (AvgIpc) is 3.12. The molecule has 0 radical (unpaired) electrons. The first-order chi connectivity index (χ1) is 14.5. The Morgan fingerprint density at radius 3 is 2.61 bits per heavy atom. The van der Waals surface area contributed by atoms with E-state index in [1.54, 1.807) is 0 Å². The first kappa shape index (κ1) is 25.6. The van der Waals surface area contributed by atoms with Gasteiger partial charge in [-0.3, -0.25) is 9.69 Å². The molecule has 1 aromatic carbocycles. The summed E-state index contributed by atoms with van der Waals surface area (Å²) in [5.41, 5.74) is 3.58. The smallest absolute Gasteiger partial charge is 0.222 e. The van der Waals surface area contributed by atoms with Crippen LogP contribution in [0.4, 0.5) is 0 Å². The van der Waals surface area contributed by atoms with Crippen molar-refractivity contribution in [3.63, 3.8) is 0 Å². The van der Waals surface area contributed by atoms with E-state index in [2.05, 4.69) is 60.2 Å². The Morgan fingerprint density at radius 2 is 1.97 bits per heavy atom. The third-order valence-electron chi connectivity index (χ3n) is 5.72. The molecule has 2 heterocycles. The standard InChI is InChI=1S/C24H37N5O.HI/c1-4-25-24(27-22-10-13-28(14-11-22)17-19(2)3)26-16-20-7-5-8-21(15-20)18-29-12-6-9-23(29)30;/h5,7-8,15,22H,2,4,6,9-14,16-18H2,1,3H3,(H2,25,26,27);1H. The van der Waals surface area contributed by atoms with Crippen LogP contribution in [0.5, 0.6) is 0 Å². The number of halogens is 1. The van der Waals surface area contributed by atoms with Gasteiger partial charge in [0.1, 0.15) is 0 Å². The number of guanidine groups is 1. The Balaban J connectivity index is 0.00000341. The number of hydrogen-bond acceptors (Lipinski definition) is 3. The number of nitrogens with zero attached hydrogens (tertiary/aromatic N) is 3. The molecule has 0 aromatic heterocycles. The fourth-order valence-electron chi connectivity index (χ4n) is 4.22. The molecule has 7 heteroatoms. The number of carbonyl (C=O) groups excluding carboxylic acids is 1. The second kappa shape index (κ2) is 13.1. The molecule has 1 amide bonds. The summed E-state index contributed by atoms with van der Waals surface area (Å²) in [6.07, 6.45) is 3.91. The second-order valence-electron chi connectivity index (χ2n) is 8.59. The van der Waals surface area contributed by atoms with Crippen molar-refractivity contribution >= 4 is 35.8 Å². The normalized spacial score (nSPS) is 18.1. The van der Waals surface area contributed by atoms with E-state index in [9.17, 15) is 4.79 Å². The maximum absolute atomic E-state index is 11.9. The van der Waals surface area contributed by atoms with E-state index in [0.29, 0.717) is 25.6 Å². The molecule has 172 valence electrons. The molecule has 2 saturated heterocycles. The van der Waals surface area contributed by atoms with E-state index < -0.39 is 0 Å². The maximum Gasteiger partial charge on any atom is 0.222 e. The molecular formula is C24H38IN5O. The monoisotopic (exact) mass is 539 g/mol. The summed E-state index contributed by atoms with van der Waals surface area (Å²) < 4.78 is 0. The summed E-state index contributed by atoms with van der Waals surface area (Å²) in [6.45, 7) is 14.5. The molecule has 1 aromatic rings. The fraction of sp³-hybridized carbons (Fsp3) is 0.583. The van der Waals surface area contributed by atoms with Gasteiger partial charge in [0.15, 0.2) is 5.96 Å². The number of aliphatic imine (C=N–C) groups is 1. The number of rotatable bonds is 8. The van der Waals surface area contributed by atoms with Gasteiger partial charge >= 0.3 is 0 Å². The molecular weight excluding hydrogens is 501 g/mol. The first-order valence-corrected chi connectivity index (χ1v) is 11.3. The van der Waals surface area contributed by atoms with Crippen molar-refractivity contribution in [2.24, 2.45) is 4.99 Å². The van der Waals surface area contributed by atoms with E-state index in [1.165, 1.54) is 16.7 Å². The van der Waals surface area contributed by atoms with E-state index in [4.69, 9.17) is 4.99 Å². The van der Waals surface area contributed by atoms with Crippen LogP contribution in [-0.4, -0.2) is 60.4 Å². The van der Waals surface area contributed by atoms with Crippen molar-refractivity contribution in [1.82, 2.24) is 20.4 Å². The van der Waals surface area contributed by atoms with Gasteiger partial charge in [0, 0.05) is 51.7 Å². The predicted octanol–water partition coefficient (Wildman–Crippen LogP) is 3.52. The van der Waals surface area contributed by atoms with Crippen molar-refractivity contribution in [3.05, 3.63) is 47.5 Å². The Labute approximate surface area is 204 Å². The van der Waals surface area contributed by atoms with Crippen molar-refractivity contribution in [2.45, 2.75) is 58.7 Å². The van der Waals surface area contributed by atoms with Crippen LogP contribution in [-0.2, 0) is 17.9 Å². The highest BCUT2D eigenvalue weighted by Crippen LogP contribution is 2.16. The largest absolute Gasteiger partial charge is 0.357 e. The summed E-state index contributed by atoms with van der Waals surface area (Å²) in [5, 5.41) is 7.00. The van der Waals surface area contributed by atoms with E-state index in [0.717, 1.165) is 57.9 Å². The second-order valence-corrected chi connectivity index (χ2v) is 8.59. The number of carbonyl (C=O) groups is 1. The predicted molar refractivity (Wildman–Crippen MR) is 139 cm³/mol. The molecule has 2 fully saturated rings. The molecule has 0 atom stereocenters. The molecule has 2 aliphatic heterocycles. The van der Waals surface area contributed by atoms with Crippen molar-refractivity contribution in [1.29, 1.82) is 0 Å². The van der Waals surface area contributed by atoms with Gasteiger partial charge in [-0.1, -0.05) is 36.4 Å². The molecule has 2 aliphatic rings. The topological polar surface area (TPSA) is 60.0 Å². The van der Waals surface area contributed by atoms with Crippen molar-refractivity contribution in [2.75, 3.05) is 32.7 Å². The Morgan fingerprint density at radius 1 is 1.23 bits per heavy atom. The average molecular weight is 540 g/mol. The molecule has 0 aliphatic carbocycles. The minimum Gasteiger partial charge on any atom is -0.357 e. The third-order valence-corrected chi connectivity index (χ3v) is 5.72. The molecule has 6 nitrogen and oxygen atoms in total. The van der Waals surface area contributed by atoms with Crippen molar-refractivity contribution < 1.29 is 4.79 Å². The minimum absolute atomic E-state index is 0. The minimum atomic E-state index is 0. The molecule has 0 spiro atoms. The van der Waals surface area contributed by atoms with Gasteiger partial charge < -0.3 is 15.5 Å². The fourth-order valence-corrected chi connectivity index (χ4v) is 4.22. The van der Waals surface area contributed by atoms with Crippen LogP contribution < -0.4 is 10.6 Å². The number of hydrogen-bond donors (Lipinski definition) is 2. The van der Waals surface area contributed by atoms with Crippen LogP contribution in [0.3, 0.4) is 0 Å². The van der Waals surface area contributed by atoms with E-state index >= 15 is 0 Å². The lowest BCUT2D eigenvalue weighted by atomic mass is 10.0. The summed E-state index contributed by atoms with van der Waals surface area (Å²) >= 11 is 0. The van der Waals surface area contributed by atoms with Crippen LogP contribution in [0, 0.1) is 0 Å². The molecule has 31 heavy (non-hydrogen) atoms.